The fraction of sp³-hybridized carbons (Fsp3) is 0.455. The summed E-state index contributed by atoms with van der Waals surface area (Å²) in [7, 11) is 0. The van der Waals surface area contributed by atoms with Crippen molar-refractivity contribution in [3.05, 3.63) is 35.6 Å². The molecule has 0 saturated carbocycles. The van der Waals surface area contributed by atoms with Crippen molar-refractivity contribution in [2.24, 2.45) is 0 Å². The Balaban J connectivity index is 2.15. The average Bonchev–Trinajstić information content (AvgIpc) is 2.21. The van der Waals surface area contributed by atoms with Gasteiger partial charge < -0.3 is 4.74 Å². The van der Waals surface area contributed by atoms with Crippen molar-refractivity contribution in [3.8, 4) is 0 Å². The largest absolute Gasteiger partial charge is 0.377 e. The number of halogens is 2. The van der Waals surface area contributed by atoms with Crippen molar-refractivity contribution >= 4 is 15.9 Å². The molecule has 0 radical (unpaired) electrons. The Morgan fingerprint density at radius 3 is 2.50 bits per heavy atom. The average molecular weight is 261 g/mol. The van der Waals surface area contributed by atoms with E-state index in [2.05, 4.69) is 15.9 Å². The van der Waals surface area contributed by atoms with Gasteiger partial charge in [0.15, 0.2) is 0 Å². The summed E-state index contributed by atoms with van der Waals surface area (Å²) >= 11 is 3.36. The van der Waals surface area contributed by atoms with E-state index < -0.39 is 0 Å². The van der Waals surface area contributed by atoms with E-state index >= 15 is 0 Å². The number of hydrogen-bond donors (Lipinski definition) is 0. The standard InChI is InChI=1S/C11H14BrFO/c12-7-1-2-8-14-9-10-3-5-11(13)6-4-10/h3-6H,1-2,7-9H2. The summed E-state index contributed by atoms with van der Waals surface area (Å²) in [6, 6.07) is 6.41. The summed E-state index contributed by atoms with van der Waals surface area (Å²) in [5, 5.41) is 1.02. The third-order valence-corrected chi connectivity index (χ3v) is 2.42. The molecule has 0 aliphatic rings. The Kier molecular flexibility index (Phi) is 5.80. The van der Waals surface area contributed by atoms with Crippen molar-refractivity contribution in [2.75, 3.05) is 11.9 Å². The molecule has 0 aliphatic carbocycles. The van der Waals surface area contributed by atoms with Crippen molar-refractivity contribution < 1.29 is 9.13 Å². The van der Waals surface area contributed by atoms with E-state index in [0.717, 1.165) is 30.3 Å². The fourth-order valence-electron chi connectivity index (χ4n) is 1.07. The first-order chi connectivity index (χ1) is 6.83. The van der Waals surface area contributed by atoms with E-state index in [-0.39, 0.29) is 5.82 Å². The highest BCUT2D eigenvalue weighted by Gasteiger charge is 1.94. The van der Waals surface area contributed by atoms with Crippen molar-refractivity contribution in [1.29, 1.82) is 0 Å². The maximum Gasteiger partial charge on any atom is 0.123 e. The van der Waals surface area contributed by atoms with Crippen LogP contribution < -0.4 is 0 Å². The Bertz CT molecular complexity index is 248. The van der Waals surface area contributed by atoms with Crippen molar-refractivity contribution in [2.45, 2.75) is 19.4 Å². The fourth-order valence-corrected chi connectivity index (χ4v) is 1.47. The van der Waals surface area contributed by atoms with E-state index in [0.29, 0.717) is 6.61 Å². The molecule has 1 rings (SSSR count). The van der Waals surface area contributed by atoms with Gasteiger partial charge in [0.1, 0.15) is 5.82 Å². The van der Waals surface area contributed by atoms with E-state index in [1.54, 1.807) is 12.1 Å². The number of rotatable bonds is 6. The lowest BCUT2D eigenvalue weighted by molar-refractivity contribution is 0.118. The number of benzene rings is 1. The second-order valence-electron chi connectivity index (χ2n) is 3.08. The Hall–Kier alpha value is -0.410. The summed E-state index contributed by atoms with van der Waals surface area (Å²) in [4.78, 5) is 0. The summed E-state index contributed by atoms with van der Waals surface area (Å²) in [6.45, 7) is 1.34. The molecule has 78 valence electrons. The Morgan fingerprint density at radius 2 is 1.86 bits per heavy atom. The van der Waals surface area contributed by atoms with Gasteiger partial charge in [0, 0.05) is 11.9 Å². The molecule has 0 aromatic heterocycles. The SMILES string of the molecule is Fc1ccc(COCCCCBr)cc1. The van der Waals surface area contributed by atoms with E-state index in [1.807, 2.05) is 0 Å². The minimum absolute atomic E-state index is 0.201. The normalized spacial score (nSPS) is 10.4. The maximum absolute atomic E-state index is 12.5. The zero-order chi connectivity index (χ0) is 10.2. The van der Waals surface area contributed by atoms with Gasteiger partial charge in [-0.05, 0) is 30.5 Å². The van der Waals surface area contributed by atoms with Gasteiger partial charge in [-0.3, -0.25) is 0 Å². The third kappa shape index (κ3) is 4.72. The molecule has 3 heteroatoms. The quantitative estimate of drug-likeness (QED) is 0.562. The van der Waals surface area contributed by atoms with Crippen LogP contribution in [0.25, 0.3) is 0 Å². The van der Waals surface area contributed by atoms with E-state index in [9.17, 15) is 4.39 Å². The molecular formula is C11H14BrFO. The highest BCUT2D eigenvalue weighted by atomic mass is 79.9. The van der Waals surface area contributed by atoms with Gasteiger partial charge in [-0.2, -0.15) is 0 Å². The zero-order valence-corrected chi connectivity index (χ0v) is 9.60. The summed E-state index contributed by atoms with van der Waals surface area (Å²) in [5.41, 5.74) is 1.02. The molecule has 0 unspecified atom stereocenters. The third-order valence-electron chi connectivity index (χ3n) is 1.85. The highest BCUT2D eigenvalue weighted by Crippen LogP contribution is 2.04. The van der Waals surface area contributed by atoms with Crippen LogP contribution in [0.3, 0.4) is 0 Å². The molecule has 0 spiro atoms. The van der Waals surface area contributed by atoms with Gasteiger partial charge in [-0.25, -0.2) is 4.39 Å². The first-order valence-electron chi connectivity index (χ1n) is 4.71. The van der Waals surface area contributed by atoms with Crippen LogP contribution in [0.2, 0.25) is 0 Å². The predicted molar refractivity (Wildman–Crippen MR) is 59.1 cm³/mol. The van der Waals surface area contributed by atoms with Gasteiger partial charge in [-0.1, -0.05) is 28.1 Å². The molecule has 0 atom stereocenters. The maximum atomic E-state index is 12.5. The number of alkyl halides is 1. The molecule has 1 nitrogen and oxygen atoms in total. The summed E-state index contributed by atoms with van der Waals surface area (Å²) < 4.78 is 17.9. The first-order valence-corrected chi connectivity index (χ1v) is 5.83. The highest BCUT2D eigenvalue weighted by molar-refractivity contribution is 9.09. The Morgan fingerprint density at radius 1 is 1.14 bits per heavy atom. The molecule has 14 heavy (non-hydrogen) atoms. The minimum atomic E-state index is -0.201. The van der Waals surface area contributed by atoms with Gasteiger partial charge in [-0.15, -0.1) is 0 Å². The monoisotopic (exact) mass is 260 g/mol. The Labute approximate surface area is 92.4 Å². The molecule has 0 heterocycles. The van der Waals surface area contributed by atoms with Gasteiger partial charge in [0.2, 0.25) is 0 Å². The zero-order valence-electron chi connectivity index (χ0n) is 8.01. The van der Waals surface area contributed by atoms with Crippen LogP contribution in [0.4, 0.5) is 4.39 Å². The molecule has 1 aromatic carbocycles. The molecule has 0 N–H and O–H groups in total. The molecule has 1 aromatic rings. The van der Waals surface area contributed by atoms with Crippen LogP contribution in [0.1, 0.15) is 18.4 Å². The van der Waals surface area contributed by atoms with Crippen LogP contribution in [-0.2, 0) is 11.3 Å². The van der Waals surface area contributed by atoms with Crippen molar-refractivity contribution in [1.82, 2.24) is 0 Å². The molecular weight excluding hydrogens is 247 g/mol. The van der Waals surface area contributed by atoms with Crippen LogP contribution >= 0.6 is 15.9 Å². The lowest BCUT2D eigenvalue weighted by Crippen LogP contribution is -1.95. The smallest absolute Gasteiger partial charge is 0.123 e. The number of unbranched alkanes of at least 4 members (excludes halogenated alkanes) is 1. The number of ether oxygens (including phenoxy) is 1. The van der Waals surface area contributed by atoms with Gasteiger partial charge in [0.25, 0.3) is 0 Å². The first kappa shape index (κ1) is 11.7. The van der Waals surface area contributed by atoms with Crippen molar-refractivity contribution in [3.63, 3.8) is 0 Å². The molecule has 0 saturated heterocycles. The second-order valence-corrected chi connectivity index (χ2v) is 3.87. The van der Waals surface area contributed by atoms with Gasteiger partial charge >= 0.3 is 0 Å². The van der Waals surface area contributed by atoms with E-state index in [1.165, 1.54) is 12.1 Å². The van der Waals surface area contributed by atoms with E-state index in [4.69, 9.17) is 4.74 Å². The van der Waals surface area contributed by atoms with Crippen LogP contribution in [0.15, 0.2) is 24.3 Å². The predicted octanol–water partition coefficient (Wildman–Crippen LogP) is 3.52. The lowest BCUT2D eigenvalue weighted by Gasteiger charge is -2.03. The molecule has 0 aliphatic heterocycles. The number of hydrogen-bond acceptors (Lipinski definition) is 1. The molecule has 0 bridgehead atoms. The van der Waals surface area contributed by atoms with Crippen LogP contribution in [-0.4, -0.2) is 11.9 Å². The molecule has 0 fully saturated rings. The lowest BCUT2D eigenvalue weighted by atomic mass is 10.2. The topological polar surface area (TPSA) is 9.23 Å². The second kappa shape index (κ2) is 6.96. The van der Waals surface area contributed by atoms with Crippen LogP contribution in [0, 0.1) is 5.82 Å². The molecule has 0 amide bonds. The summed E-state index contributed by atoms with van der Waals surface area (Å²) in [5.74, 6) is -0.201. The minimum Gasteiger partial charge on any atom is -0.377 e. The van der Waals surface area contributed by atoms with Crippen LogP contribution in [0.5, 0.6) is 0 Å². The van der Waals surface area contributed by atoms with Gasteiger partial charge in [0.05, 0.1) is 6.61 Å². The summed E-state index contributed by atoms with van der Waals surface area (Å²) in [6.07, 6.45) is 2.19.